The minimum atomic E-state index is -0.435. The van der Waals surface area contributed by atoms with Crippen LogP contribution in [-0.4, -0.2) is 43.2 Å². The highest BCUT2D eigenvalue weighted by molar-refractivity contribution is 6.00. The number of carbonyl (C=O) groups excluding carboxylic acids is 1. The average Bonchev–Trinajstić information content (AvgIpc) is 3.02. The van der Waals surface area contributed by atoms with Gasteiger partial charge in [-0.05, 0) is 11.6 Å². The Labute approximate surface area is 121 Å². The molecule has 0 spiro atoms. The zero-order valence-electron chi connectivity index (χ0n) is 11.5. The van der Waals surface area contributed by atoms with Gasteiger partial charge in [0.1, 0.15) is 5.69 Å². The molecule has 2 aliphatic heterocycles. The van der Waals surface area contributed by atoms with Gasteiger partial charge in [-0.15, -0.1) is 0 Å². The number of benzene rings is 1. The Morgan fingerprint density at radius 2 is 2.24 bits per heavy atom. The number of nitrogens with zero attached hydrogens (tertiary/aromatic N) is 1. The lowest BCUT2D eigenvalue weighted by molar-refractivity contribution is -0.384. The lowest BCUT2D eigenvalue weighted by Gasteiger charge is -2.20. The summed E-state index contributed by atoms with van der Waals surface area (Å²) in [6.45, 7) is 1.36. The summed E-state index contributed by atoms with van der Waals surface area (Å²) in [6, 6.07) is 3.03. The van der Waals surface area contributed by atoms with Crippen LogP contribution in [0, 0.1) is 10.1 Å². The Kier molecular flexibility index (Phi) is 3.48. The summed E-state index contributed by atoms with van der Waals surface area (Å²) in [7, 11) is 1.61. The first kappa shape index (κ1) is 13.8. The molecule has 1 unspecified atom stereocenters. The van der Waals surface area contributed by atoms with Crippen LogP contribution in [-0.2, 0) is 16.0 Å². The summed E-state index contributed by atoms with van der Waals surface area (Å²) < 4.78 is 5.34. The van der Waals surface area contributed by atoms with Crippen LogP contribution in [0.1, 0.15) is 5.56 Å². The maximum atomic E-state index is 11.4. The van der Waals surface area contributed by atoms with Gasteiger partial charge in [0.25, 0.3) is 5.69 Å². The fraction of sp³-hybridized carbons (Fsp3) is 0.462. The summed E-state index contributed by atoms with van der Waals surface area (Å²) in [4.78, 5) is 22.2. The van der Waals surface area contributed by atoms with E-state index >= 15 is 0 Å². The van der Waals surface area contributed by atoms with Crippen molar-refractivity contribution in [3.8, 4) is 0 Å². The van der Waals surface area contributed by atoms with Gasteiger partial charge < -0.3 is 20.7 Å². The number of fused-ring (bicyclic) bond motifs is 1. The maximum Gasteiger partial charge on any atom is 0.292 e. The Hall–Kier alpha value is -2.19. The Balaban J connectivity index is 1.92. The number of nitro groups is 1. The lowest BCUT2D eigenvalue weighted by Crippen LogP contribution is -2.33. The van der Waals surface area contributed by atoms with Gasteiger partial charge in [0, 0.05) is 32.0 Å². The molecule has 1 amide bonds. The average molecular weight is 292 g/mol. The molecule has 0 radical (unpaired) electrons. The number of nitro benzene ring substituents is 1. The van der Waals surface area contributed by atoms with Crippen LogP contribution in [0.2, 0.25) is 0 Å². The third kappa shape index (κ3) is 2.55. The van der Waals surface area contributed by atoms with E-state index in [0.29, 0.717) is 30.0 Å². The van der Waals surface area contributed by atoms with Crippen molar-refractivity contribution >= 4 is 23.0 Å². The van der Waals surface area contributed by atoms with Crippen molar-refractivity contribution in [2.75, 3.05) is 30.8 Å². The number of nitrogens with one attached hydrogen (secondary N) is 3. The molecule has 2 atom stereocenters. The summed E-state index contributed by atoms with van der Waals surface area (Å²) >= 11 is 0. The second-order valence-corrected chi connectivity index (χ2v) is 5.19. The topological polar surface area (TPSA) is 106 Å². The first-order valence-electron chi connectivity index (χ1n) is 6.69. The number of amides is 1. The highest BCUT2D eigenvalue weighted by atomic mass is 16.6. The second kappa shape index (κ2) is 5.30. The molecule has 1 fully saturated rings. The maximum absolute atomic E-state index is 11.4. The van der Waals surface area contributed by atoms with E-state index in [2.05, 4.69) is 16.0 Å². The van der Waals surface area contributed by atoms with Crippen molar-refractivity contribution in [3.05, 3.63) is 27.8 Å². The van der Waals surface area contributed by atoms with Gasteiger partial charge in [-0.2, -0.15) is 0 Å². The molecule has 0 saturated carbocycles. The number of hydrogen-bond donors (Lipinski definition) is 3. The van der Waals surface area contributed by atoms with Crippen molar-refractivity contribution in [1.82, 2.24) is 5.32 Å². The molecule has 3 N–H and O–H groups in total. The standard InChI is InChI=1S/C13H16N4O4/c1-21-12-6-14-5-10(12)15-9-4-8-7(3-13(18)16-8)2-11(9)17(19)20/h2,4,10,12,14-15H,3,5-6H2,1H3,(H,16,18)/t10?,12-/m0/s1. The summed E-state index contributed by atoms with van der Waals surface area (Å²) in [6.07, 6.45) is 0.134. The van der Waals surface area contributed by atoms with Crippen molar-refractivity contribution in [2.24, 2.45) is 0 Å². The van der Waals surface area contributed by atoms with E-state index < -0.39 is 4.92 Å². The Bertz CT molecular complexity index is 604. The van der Waals surface area contributed by atoms with Gasteiger partial charge in [0.2, 0.25) is 5.91 Å². The molecule has 1 aromatic carbocycles. The largest absolute Gasteiger partial charge is 0.378 e. The van der Waals surface area contributed by atoms with E-state index in [1.54, 1.807) is 13.2 Å². The normalized spacial score (nSPS) is 23.8. The molecule has 8 heteroatoms. The van der Waals surface area contributed by atoms with E-state index in [4.69, 9.17) is 4.74 Å². The Morgan fingerprint density at radius 1 is 1.43 bits per heavy atom. The van der Waals surface area contributed by atoms with E-state index in [0.717, 1.165) is 0 Å². The van der Waals surface area contributed by atoms with Crippen LogP contribution in [0.5, 0.6) is 0 Å². The van der Waals surface area contributed by atoms with E-state index in [-0.39, 0.29) is 30.2 Å². The Morgan fingerprint density at radius 3 is 2.95 bits per heavy atom. The summed E-state index contributed by atoms with van der Waals surface area (Å²) in [5, 5.41) is 20.3. The molecule has 2 heterocycles. The van der Waals surface area contributed by atoms with Gasteiger partial charge in [0.15, 0.2) is 0 Å². The van der Waals surface area contributed by atoms with E-state index in [1.165, 1.54) is 6.07 Å². The smallest absolute Gasteiger partial charge is 0.292 e. The fourth-order valence-corrected chi connectivity index (χ4v) is 2.77. The summed E-state index contributed by atoms with van der Waals surface area (Å²) in [5.74, 6) is -0.145. The molecule has 0 aromatic heterocycles. The van der Waals surface area contributed by atoms with Crippen molar-refractivity contribution in [1.29, 1.82) is 0 Å². The molecule has 3 rings (SSSR count). The molecule has 112 valence electrons. The number of carbonyl (C=O) groups is 1. The number of ether oxygens (including phenoxy) is 1. The van der Waals surface area contributed by atoms with E-state index in [1.807, 2.05) is 0 Å². The molecule has 21 heavy (non-hydrogen) atoms. The van der Waals surface area contributed by atoms with Crippen LogP contribution >= 0.6 is 0 Å². The minimum absolute atomic E-state index is 0.0213. The van der Waals surface area contributed by atoms with Crippen LogP contribution in [0.15, 0.2) is 12.1 Å². The van der Waals surface area contributed by atoms with Gasteiger partial charge in [0.05, 0.1) is 23.5 Å². The second-order valence-electron chi connectivity index (χ2n) is 5.19. The third-order valence-electron chi connectivity index (χ3n) is 3.85. The SMILES string of the molecule is CO[C@H]1CNCC1Nc1cc2c(cc1[N+](=O)[O-])CC(=O)N2. The molecular formula is C13H16N4O4. The first-order valence-corrected chi connectivity index (χ1v) is 6.69. The molecule has 2 aliphatic rings. The van der Waals surface area contributed by atoms with Crippen molar-refractivity contribution in [2.45, 2.75) is 18.6 Å². The van der Waals surface area contributed by atoms with Gasteiger partial charge >= 0.3 is 0 Å². The molecule has 0 bridgehead atoms. The van der Waals surface area contributed by atoms with E-state index in [9.17, 15) is 14.9 Å². The van der Waals surface area contributed by atoms with Crippen LogP contribution in [0.3, 0.4) is 0 Å². The number of methoxy groups -OCH3 is 1. The monoisotopic (exact) mass is 292 g/mol. The summed E-state index contributed by atoms with van der Waals surface area (Å²) in [5.41, 5.74) is 1.67. The number of rotatable bonds is 4. The third-order valence-corrected chi connectivity index (χ3v) is 3.85. The number of hydrogen-bond acceptors (Lipinski definition) is 6. The zero-order valence-corrected chi connectivity index (χ0v) is 11.5. The number of anilines is 2. The van der Waals surface area contributed by atoms with Crippen LogP contribution < -0.4 is 16.0 Å². The fourth-order valence-electron chi connectivity index (χ4n) is 2.77. The van der Waals surface area contributed by atoms with Gasteiger partial charge in [-0.3, -0.25) is 14.9 Å². The predicted molar refractivity (Wildman–Crippen MR) is 76.5 cm³/mol. The van der Waals surface area contributed by atoms with Crippen molar-refractivity contribution in [3.63, 3.8) is 0 Å². The van der Waals surface area contributed by atoms with Crippen molar-refractivity contribution < 1.29 is 14.5 Å². The zero-order chi connectivity index (χ0) is 15.0. The molecule has 1 saturated heterocycles. The predicted octanol–water partition coefficient (Wildman–Crippen LogP) is 0.488. The highest BCUT2D eigenvalue weighted by Gasteiger charge is 2.30. The quantitative estimate of drug-likeness (QED) is 0.551. The van der Waals surface area contributed by atoms with Crippen LogP contribution in [0.25, 0.3) is 0 Å². The minimum Gasteiger partial charge on any atom is -0.378 e. The molecule has 8 nitrogen and oxygen atoms in total. The molecular weight excluding hydrogens is 276 g/mol. The molecule has 0 aliphatic carbocycles. The highest BCUT2D eigenvalue weighted by Crippen LogP contribution is 2.35. The lowest BCUT2D eigenvalue weighted by atomic mass is 10.1. The van der Waals surface area contributed by atoms with Gasteiger partial charge in [-0.25, -0.2) is 0 Å². The first-order chi connectivity index (χ1) is 10.1. The van der Waals surface area contributed by atoms with Crippen LogP contribution in [0.4, 0.5) is 17.1 Å². The molecule has 1 aromatic rings. The van der Waals surface area contributed by atoms with Gasteiger partial charge in [-0.1, -0.05) is 0 Å².